The zero-order valence-corrected chi connectivity index (χ0v) is 19.7. The summed E-state index contributed by atoms with van der Waals surface area (Å²) in [7, 11) is 0. The highest BCUT2D eigenvalue weighted by Crippen LogP contribution is 2.43. The molecule has 1 saturated carbocycles. The first kappa shape index (κ1) is 21.1. The van der Waals surface area contributed by atoms with Crippen LogP contribution in [0.25, 0.3) is 0 Å². The second kappa shape index (κ2) is 9.02. The number of aryl methyl sites for hydroxylation is 1. The average molecular weight is 446 g/mol. The number of thiocarbonyl (C=S) groups is 1. The van der Waals surface area contributed by atoms with Gasteiger partial charge in [-0.25, -0.2) is 0 Å². The predicted molar refractivity (Wildman–Crippen MR) is 131 cm³/mol. The summed E-state index contributed by atoms with van der Waals surface area (Å²) < 4.78 is 2.59. The molecule has 2 atom stereocenters. The minimum Gasteiger partial charge on any atom is -0.352 e. The topological polar surface area (TPSA) is 46.0 Å². The molecule has 3 aromatic rings. The third-order valence-electron chi connectivity index (χ3n) is 7.04. The number of hydrogen-bond acceptors (Lipinski definition) is 3. The molecular formula is C26H31N5S. The molecule has 0 spiro atoms. The molecule has 0 unspecified atom stereocenters. The number of rotatable bonds is 5. The Bertz CT molecular complexity index is 1070. The maximum atomic E-state index is 5.85. The van der Waals surface area contributed by atoms with Gasteiger partial charge in [0.15, 0.2) is 5.11 Å². The SMILES string of the molecule is Cc1cc([C@@H]2[C@@H](c3ccccn3)NC(=S)N2Cc2ccccn2)c(C)n1C1CCCCC1. The third-order valence-corrected chi connectivity index (χ3v) is 7.39. The number of nitrogens with zero attached hydrogens (tertiary/aromatic N) is 4. The van der Waals surface area contributed by atoms with Gasteiger partial charge in [-0.2, -0.15) is 0 Å². The van der Waals surface area contributed by atoms with Gasteiger partial charge in [0.25, 0.3) is 0 Å². The zero-order valence-electron chi connectivity index (χ0n) is 18.9. The predicted octanol–water partition coefficient (Wildman–Crippen LogP) is 5.57. The van der Waals surface area contributed by atoms with Crippen molar-refractivity contribution in [1.29, 1.82) is 0 Å². The lowest BCUT2D eigenvalue weighted by Crippen LogP contribution is -2.29. The van der Waals surface area contributed by atoms with Crippen LogP contribution in [0.2, 0.25) is 0 Å². The molecule has 0 amide bonds. The Hall–Kier alpha value is -2.73. The van der Waals surface area contributed by atoms with Gasteiger partial charge in [0.05, 0.1) is 30.0 Å². The van der Waals surface area contributed by atoms with Crippen LogP contribution in [0.15, 0.2) is 54.9 Å². The molecule has 5 nitrogen and oxygen atoms in total. The molecule has 1 aliphatic heterocycles. The van der Waals surface area contributed by atoms with Crippen LogP contribution < -0.4 is 5.32 Å². The van der Waals surface area contributed by atoms with Gasteiger partial charge < -0.3 is 14.8 Å². The van der Waals surface area contributed by atoms with Crippen molar-refractivity contribution >= 4 is 17.3 Å². The Morgan fingerprint density at radius 3 is 2.44 bits per heavy atom. The van der Waals surface area contributed by atoms with Crippen molar-refractivity contribution in [2.75, 3.05) is 0 Å². The van der Waals surface area contributed by atoms with Crippen LogP contribution in [0.3, 0.4) is 0 Å². The molecule has 0 aromatic carbocycles. The number of hydrogen-bond donors (Lipinski definition) is 1. The molecule has 2 aliphatic rings. The van der Waals surface area contributed by atoms with Crippen molar-refractivity contribution < 1.29 is 0 Å². The Kier molecular flexibility index (Phi) is 5.96. The van der Waals surface area contributed by atoms with E-state index in [1.807, 2.05) is 30.6 Å². The molecule has 1 saturated heterocycles. The van der Waals surface area contributed by atoms with Gasteiger partial charge in [-0.3, -0.25) is 9.97 Å². The average Bonchev–Trinajstić information content (AvgIpc) is 3.30. The minimum absolute atomic E-state index is 0.00715. The maximum absolute atomic E-state index is 5.85. The summed E-state index contributed by atoms with van der Waals surface area (Å²) in [6.45, 7) is 5.21. The molecular weight excluding hydrogens is 414 g/mol. The van der Waals surface area contributed by atoms with Crippen LogP contribution in [0, 0.1) is 13.8 Å². The molecule has 1 aliphatic carbocycles. The largest absolute Gasteiger partial charge is 0.352 e. The van der Waals surface area contributed by atoms with Crippen molar-refractivity contribution in [3.8, 4) is 0 Å². The second-order valence-electron chi connectivity index (χ2n) is 9.06. The van der Waals surface area contributed by atoms with Gasteiger partial charge in [-0.1, -0.05) is 31.4 Å². The highest BCUT2D eigenvalue weighted by atomic mass is 32.1. The van der Waals surface area contributed by atoms with Crippen LogP contribution in [-0.2, 0) is 6.54 Å². The summed E-state index contributed by atoms with van der Waals surface area (Å²) in [5.41, 5.74) is 6.08. The Morgan fingerprint density at radius 2 is 1.75 bits per heavy atom. The number of nitrogens with one attached hydrogen (secondary N) is 1. The standard InChI is InChI=1S/C26H31N5S/c1-18-16-22(19(2)31(18)21-11-4-3-5-12-21)25-24(23-13-7-9-15-28-23)29-26(32)30(25)17-20-10-6-8-14-27-20/h6-10,13-16,21,24-25H,3-5,11-12,17H2,1-2H3,(H,29,32)/t24-,25-/m1/s1. The van der Waals surface area contributed by atoms with Crippen molar-refractivity contribution in [3.05, 3.63) is 83.2 Å². The molecule has 5 rings (SSSR count). The maximum Gasteiger partial charge on any atom is 0.170 e. The van der Waals surface area contributed by atoms with E-state index in [9.17, 15) is 0 Å². The fourth-order valence-electron chi connectivity index (χ4n) is 5.58. The smallest absolute Gasteiger partial charge is 0.170 e. The van der Waals surface area contributed by atoms with E-state index in [1.165, 1.54) is 49.1 Å². The van der Waals surface area contributed by atoms with Crippen LogP contribution in [-0.4, -0.2) is 24.5 Å². The molecule has 2 fully saturated rings. The van der Waals surface area contributed by atoms with E-state index in [4.69, 9.17) is 12.2 Å². The Balaban J connectivity index is 1.57. The molecule has 32 heavy (non-hydrogen) atoms. The molecule has 6 heteroatoms. The van der Waals surface area contributed by atoms with Gasteiger partial charge in [0.1, 0.15) is 0 Å². The fourth-order valence-corrected chi connectivity index (χ4v) is 5.89. The molecule has 1 N–H and O–H groups in total. The number of pyridine rings is 2. The zero-order chi connectivity index (χ0) is 22.1. The Labute approximate surface area is 195 Å². The van der Waals surface area contributed by atoms with Crippen molar-refractivity contribution in [2.45, 2.75) is 70.6 Å². The van der Waals surface area contributed by atoms with Gasteiger partial charge in [-0.05, 0) is 74.8 Å². The fraction of sp³-hybridized carbons (Fsp3) is 0.423. The molecule has 166 valence electrons. The lowest BCUT2D eigenvalue weighted by molar-refractivity contribution is 0.304. The quantitative estimate of drug-likeness (QED) is 0.520. The van der Waals surface area contributed by atoms with E-state index in [0.29, 0.717) is 12.6 Å². The van der Waals surface area contributed by atoms with E-state index in [2.05, 4.69) is 62.9 Å². The van der Waals surface area contributed by atoms with Gasteiger partial charge in [0.2, 0.25) is 0 Å². The number of aromatic nitrogens is 3. The van der Waals surface area contributed by atoms with Gasteiger partial charge >= 0.3 is 0 Å². The van der Waals surface area contributed by atoms with E-state index in [1.54, 1.807) is 0 Å². The normalized spacial score (nSPS) is 21.7. The van der Waals surface area contributed by atoms with E-state index in [0.717, 1.165) is 16.5 Å². The van der Waals surface area contributed by atoms with Crippen molar-refractivity contribution in [2.24, 2.45) is 0 Å². The second-order valence-corrected chi connectivity index (χ2v) is 9.45. The first-order chi connectivity index (χ1) is 15.6. The van der Waals surface area contributed by atoms with Crippen molar-refractivity contribution in [3.63, 3.8) is 0 Å². The molecule has 3 aromatic heterocycles. The van der Waals surface area contributed by atoms with Gasteiger partial charge in [-0.15, -0.1) is 0 Å². The summed E-state index contributed by atoms with van der Waals surface area (Å²) in [5, 5.41) is 4.35. The molecule has 0 radical (unpaired) electrons. The highest BCUT2D eigenvalue weighted by Gasteiger charge is 2.41. The minimum atomic E-state index is 0.00715. The summed E-state index contributed by atoms with van der Waals surface area (Å²) in [6.07, 6.45) is 10.3. The summed E-state index contributed by atoms with van der Waals surface area (Å²) in [4.78, 5) is 11.6. The summed E-state index contributed by atoms with van der Waals surface area (Å²) in [6, 6.07) is 15.2. The lowest BCUT2D eigenvalue weighted by atomic mass is 9.94. The van der Waals surface area contributed by atoms with Crippen molar-refractivity contribution in [1.82, 2.24) is 24.8 Å². The molecule has 0 bridgehead atoms. The first-order valence-electron chi connectivity index (χ1n) is 11.7. The summed E-state index contributed by atoms with van der Waals surface area (Å²) >= 11 is 5.85. The van der Waals surface area contributed by atoms with E-state index >= 15 is 0 Å². The monoisotopic (exact) mass is 445 g/mol. The molecule has 4 heterocycles. The van der Waals surface area contributed by atoms with Crippen LogP contribution in [0.1, 0.15) is 78.6 Å². The Morgan fingerprint density at radius 1 is 1.00 bits per heavy atom. The van der Waals surface area contributed by atoms with Crippen LogP contribution in [0.4, 0.5) is 0 Å². The van der Waals surface area contributed by atoms with E-state index < -0.39 is 0 Å². The van der Waals surface area contributed by atoms with Crippen LogP contribution >= 0.6 is 12.2 Å². The lowest BCUT2D eigenvalue weighted by Gasteiger charge is -2.29. The van der Waals surface area contributed by atoms with Crippen LogP contribution in [0.5, 0.6) is 0 Å². The van der Waals surface area contributed by atoms with E-state index in [-0.39, 0.29) is 12.1 Å². The summed E-state index contributed by atoms with van der Waals surface area (Å²) in [5.74, 6) is 0. The first-order valence-corrected chi connectivity index (χ1v) is 12.1. The third kappa shape index (κ3) is 3.92. The highest BCUT2D eigenvalue weighted by molar-refractivity contribution is 7.80. The van der Waals surface area contributed by atoms with Gasteiger partial charge in [0, 0.05) is 29.8 Å².